The number of esters is 1. The molecule has 1 N–H and O–H groups in total. The maximum atomic E-state index is 13.2. The number of likely N-dealkylation sites (tertiary alicyclic amines) is 1. The molecule has 2 aromatic rings. The molecule has 1 fully saturated rings. The number of hydrogen-bond donors (Lipinski definition) is 1. The van der Waals surface area contributed by atoms with Gasteiger partial charge in [0.05, 0.1) is 22.8 Å². The summed E-state index contributed by atoms with van der Waals surface area (Å²) in [5.74, 6) is -0.0257. The van der Waals surface area contributed by atoms with E-state index in [0.29, 0.717) is 31.4 Å². The van der Waals surface area contributed by atoms with Gasteiger partial charge in [-0.25, -0.2) is 9.78 Å². The molecular weight excluding hydrogens is 516 g/mol. The van der Waals surface area contributed by atoms with Crippen LogP contribution in [0.25, 0.3) is 0 Å². The van der Waals surface area contributed by atoms with Crippen LogP contribution in [0.5, 0.6) is 0 Å². The lowest BCUT2D eigenvalue weighted by Gasteiger charge is -2.25. The van der Waals surface area contributed by atoms with Crippen LogP contribution >= 0.6 is 39.0 Å². The summed E-state index contributed by atoms with van der Waals surface area (Å²) in [5, 5.41) is 3.36. The fraction of sp³-hybridized carbons (Fsp3) is 0.429. The van der Waals surface area contributed by atoms with E-state index in [2.05, 4.69) is 32.3 Å². The van der Waals surface area contributed by atoms with Gasteiger partial charge in [0.2, 0.25) is 5.91 Å². The molecule has 2 aliphatic heterocycles. The number of aromatic nitrogens is 1. The number of hydrogen-bond acceptors (Lipinski definition) is 7. The monoisotopic (exact) mass is 538 g/mol. The number of fused-ring (bicyclic) bond motifs is 2. The summed E-state index contributed by atoms with van der Waals surface area (Å²) in [6.07, 6.45) is 2.45. The number of urea groups is 1. The average Bonchev–Trinajstić information content (AvgIpc) is 3.46. The Balaban J connectivity index is 1.48. The van der Waals surface area contributed by atoms with E-state index in [1.165, 1.54) is 23.1 Å². The summed E-state index contributed by atoms with van der Waals surface area (Å²) >= 11 is 6.19. The second kappa shape index (κ2) is 9.40. The van der Waals surface area contributed by atoms with E-state index in [1.807, 2.05) is 17.0 Å². The highest BCUT2D eigenvalue weighted by molar-refractivity contribution is 9.10. The van der Waals surface area contributed by atoms with E-state index in [4.69, 9.17) is 4.74 Å². The van der Waals surface area contributed by atoms with Gasteiger partial charge in [0.1, 0.15) is 0 Å². The molecule has 1 saturated heterocycles. The fourth-order valence-electron chi connectivity index (χ4n) is 4.19. The van der Waals surface area contributed by atoms with E-state index in [9.17, 15) is 14.4 Å². The van der Waals surface area contributed by atoms with Crippen LogP contribution < -0.4 is 10.2 Å². The number of anilines is 2. The Morgan fingerprint density at radius 3 is 2.88 bits per heavy atom. The number of amides is 3. The molecule has 1 aromatic heterocycles. The molecule has 1 aromatic carbocycles. The van der Waals surface area contributed by atoms with E-state index in [0.717, 1.165) is 26.4 Å². The first-order valence-electron chi connectivity index (χ1n) is 10.2. The van der Waals surface area contributed by atoms with E-state index >= 15 is 0 Å². The molecule has 3 heterocycles. The molecule has 32 heavy (non-hydrogen) atoms. The maximum absolute atomic E-state index is 13.2. The predicted molar refractivity (Wildman–Crippen MR) is 129 cm³/mol. The van der Waals surface area contributed by atoms with Crippen molar-refractivity contribution in [1.29, 1.82) is 0 Å². The molecule has 2 aliphatic rings. The summed E-state index contributed by atoms with van der Waals surface area (Å²) in [6, 6.07) is 5.65. The third-order valence-corrected chi connectivity index (χ3v) is 8.24. The Kier molecular flexibility index (Phi) is 6.78. The summed E-state index contributed by atoms with van der Waals surface area (Å²) in [6.45, 7) is 5.49. The van der Waals surface area contributed by atoms with Crippen molar-refractivity contribution < 1.29 is 19.1 Å². The minimum absolute atomic E-state index is 0.0527. The zero-order valence-corrected chi connectivity index (χ0v) is 20.9. The van der Waals surface area contributed by atoms with Crippen LogP contribution in [-0.2, 0) is 19.7 Å². The number of benzene rings is 1. The first-order chi connectivity index (χ1) is 15.3. The lowest BCUT2D eigenvalue weighted by molar-refractivity contribution is -0.139. The molecule has 0 radical (unpaired) electrons. The van der Waals surface area contributed by atoms with Gasteiger partial charge in [0.25, 0.3) is 0 Å². The van der Waals surface area contributed by atoms with Gasteiger partial charge in [-0.15, -0.1) is 11.8 Å². The largest absolute Gasteiger partial charge is 0.465 e. The Bertz CT molecular complexity index is 1060. The van der Waals surface area contributed by atoms with E-state index in [-0.39, 0.29) is 29.1 Å². The van der Waals surface area contributed by atoms with Crippen LogP contribution in [0.2, 0.25) is 0 Å². The van der Waals surface area contributed by atoms with Gasteiger partial charge < -0.3 is 9.64 Å². The van der Waals surface area contributed by atoms with Gasteiger partial charge in [0, 0.05) is 42.1 Å². The highest BCUT2D eigenvalue weighted by Gasteiger charge is 2.49. The van der Waals surface area contributed by atoms with E-state index in [1.54, 1.807) is 24.9 Å². The summed E-state index contributed by atoms with van der Waals surface area (Å²) in [4.78, 5) is 44.5. The SMILES string of the molecule is CCOC(=O)CSc1cnc(NC(=O)N2C[C@]3(CCN(C(C)=O)C3)c3cc(Br)ccc32)s1. The average molecular weight is 539 g/mol. The first kappa shape index (κ1) is 23.1. The molecule has 0 saturated carbocycles. The molecular formula is C21H23BrN4O4S2. The fourth-order valence-corrected chi connectivity index (χ4v) is 6.21. The lowest BCUT2D eigenvalue weighted by Crippen LogP contribution is -2.41. The Labute approximate surface area is 202 Å². The van der Waals surface area contributed by atoms with Gasteiger partial charge in [-0.1, -0.05) is 27.3 Å². The van der Waals surface area contributed by atoms with Crippen molar-refractivity contribution in [2.45, 2.75) is 29.9 Å². The molecule has 11 heteroatoms. The molecule has 170 valence electrons. The van der Waals surface area contributed by atoms with Crippen LogP contribution in [0.3, 0.4) is 0 Å². The van der Waals surface area contributed by atoms with Gasteiger partial charge in [-0.2, -0.15) is 0 Å². The number of thioether (sulfide) groups is 1. The van der Waals surface area contributed by atoms with Crippen LogP contribution in [0, 0.1) is 0 Å². The molecule has 1 atom stereocenters. The molecule has 0 bridgehead atoms. The van der Waals surface area contributed by atoms with Gasteiger partial charge >= 0.3 is 12.0 Å². The van der Waals surface area contributed by atoms with Crippen molar-refractivity contribution in [3.63, 3.8) is 0 Å². The summed E-state index contributed by atoms with van der Waals surface area (Å²) in [5.41, 5.74) is 1.66. The number of carbonyl (C=O) groups excluding carboxylic acids is 3. The van der Waals surface area contributed by atoms with Crippen molar-refractivity contribution in [2.24, 2.45) is 0 Å². The molecule has 0 aliphatic carbocycles. The standard InChI is InChI=1S/C21H23BrN4O4S2/c1-3-30-17(28)10-31-18-9-23-19(32-18)24-20(29)26-12-21(6-7-25(11-21)13(2)27)15-8-14(22)4-5-16(15)26/h4-5,8-9H,3,6-7,10-12H2,1-2H3,(H,23,24,29)/t21-/m1/s1. The Morgan fingerprint density at radius 2 is 2.16 bits per heavy atom. The van der Waals surface area contributed by atoms with Crippen molar-refractivity contribution in [1.82, 2.24) is 9.88 Å². The number of carbonyl (C=O) groups is 3. The minimum Gasteiger partial charge on any atom is -0.465 e. The van der Waals surface area contributed by atoms with Crippen molar-refractivity contribution in [3.05, 3.63) is 34.4 Å². The van der Waals surface area contributed by atoms with Gasteiger partial charge in [0.15, 0.2) is 5.13 Å². The predicted octanol–water partition coefficient (Wildman–Crippen LogP) is 4.10. The Hall–Kier alpha value is -2.11. The topological polar surface area (TPSA) is 91.8 Å². The number of ether oxygens (including phenoxy) is 1. The van der Waals surface area contributed by atoms with Crippen LogP contribution in [0.1, 0.15) is 25.8 Å². The summed E-state index contributed by atoms with van der Waals surface area (Å²) in [7, 11) is 0. The third-order valence-electron chi connectivity index (χ3n) is 5.66. The van der Waals surface area contributed by atoms with Crippen molar-refractivity contribution in [2.75, 3.05) is 42.2 Å². The Morgan fingerprint density at radius 1 is 1.34 bits per heavy atom. The summed E-state index contributed by atoms with van der Waals surface area (Å²) < 4.78 is 6.70. The normalized spacial score (nSPS) is 19.3. The molecule has 0 unspecified atom stereocenters. The number of nitrogens with zero attached hydrogens (tertiary/aromatic N) is 3. The second-order valence-corrected chi connectivity index (χ2v) is 10.9. The van der Waals surface area contributed by atoms with Gasteiger partial charge in [-0.05, 0) is 37.1 Å². The number of thiazole rings is 1. The van der Waals surface area contributed by atoms with Crippen LogP contribution in [0.4, 0.5) is 15.6 Å². The van der Waals surface area contributed by atoms with E-state index < -0.39 is 0 Å². The molecule has 1 spiro atoms. The molecule has 3 amide bonds. The zero-order chi connectivity index (χ0) is 22.9. The number of nitrogens with one attached hydrogen (secondary N) is 1. The molecule has 8 nitrogen and oxygen atoms in total. The smallest absolute Gasteiger partial charge is 0.328 e. The van der Waals surface area contributed by atoms with Crippen molar-refractivity contribution >= 4 is 67.8 Å². The first-order valence-corrected chi connectivity index (χ1v) is 12.8. The quantitative estimate of drug-likeness (QED) is 0.455. The maximum Gasteiger partial charge on any atom is 0.328 e. The molecule has 4 rings (SSSR count). The number of halogens is 1. The zero-order valence-electron chi connectivity index (χ0n) is 17.7. The lowest BCUT2D eigenvalue weighted by atomic mass is 9.81. The highest BCUT2D eigenvalue weighted by Crippen LogP contribution is 2.47. The van der Waals surface area contributed by atoms with Gasteiger partial charge in [-0.3, -0.25) is 19.8 Å². The van der Waals surface area contributed by atoms with Crippen LogP contribution in [0.15, 0.2) is 33.1 Å². The minimum atomic E-state index is -0.280. The highest BCUT2D eigenvalue weighted by atomic mass is 79.9. The second-order valence-electron chi connectivity index (χ2n) is 7.73. The van der Waals surface area contributed by atoms with Crippen LogP contribution in [-0.4, -0.2) is 59.8 Å². The van der Waals surface area contributed by atoms with Crippen molar-refractivity contribution in [3.8, 4) is 0 Å². The number of rotatable bonds is 5. The third kappa shape index (κ3) is 4.65.